The summed E-state index contributed by atoms with van der Waals surface area (Å²) in [6, 6.07) is 2.94. The predicted molar refractivity (Wildman–Crippen MR) is 51.9 cm³/mol. The summed E-state index contributed by atoms with van der Waals surface area (Å²) < 4.78 is 53.3. The van der Waals surface area contributed by atoms with E-state index in [9.17, 15) is 17.6 Å². The molecule has 17 heavy (non-hydrogen) atoms. The topological polar surface area (TPSA) is 41.8 Å². The molecule has 0 heterocycles. The zero-order valence-electron chi connectivity index (χ0n) is 8.75. The van der Waals surface area contributed by atoms with Gasteiger partial charge in [-0.15, -0.1) is 0 Å². The molecule has 0 amide bonds. The summed E-state index contributed by atoms with van der Waals surface area (Å²) in [6.45, 7) is -0.181. The van der Waals surface area contributed by atoms with E-state index in [4.69, 9.17) is 5.21 Å². The lowest BCUT2D eigenvalue weighted by Gasteiger charge is -2.12. The van der Waals surface area contributed by atoms with Crippen LogP contribution in [-0.2, 0) is 0 Å². The van der Waals surface area contributed by atoms with Crippen molar-refractivity contribution in [3.63, 3.8) is 0 Å². The van der Waals surface area contributed by atoms with Crippen LogP contribution in [0, 0.1) is 5.82 Å². The van der Waals surface area contributed by atoms with Crippen molar-refractivity contribution in [1.29, 1.82) is 0 Å². The number of rotatable bonds is 3. The summed E-state index contributed by atoms with van der Waals surface area (Å²) in [4.78, 5) is 0. The summed E-state index contributed by atoms with van der Waals surface area (Å²) in [6.07, 6.45) is -4.49. The van der Waals surface area contributed by atoms with Crippen LogP contribution in [-0.4, -0.2) is 23.7 Å². The van der Waals surface area contributed by atoms with Crippen LogP contribution in [0.2, 0.25) is 0 Å². The monoisotopic (exact) mass is 251 g/mol. The van der Waals surface area contributed by atoms with Crippen LogP contribution in [0.15, 0.2) is 23.4 Å². The minimum absolute atomic E-state index is 0.0308. The van der Waals surface area contributed by atoms with Crippen molar-refractivity contribution in [2.24, 2.45) is 5.16 Å². The number of hydrogen-bond acceptors (Lipinski definition) is 3. The van der Waals surface area contributed by atoms with Gasteiger partial charge in [0, 0.05) is 5.56 Å². The van der Waals surface area contributed by atoms with Crippen LogP contribution >= 0.6 is 0 Å². The fourth-order valence-corrected chi connectivity index (χ4v) is 1.12. The van der Waals surface area contributed by atoms with E-state index in [-0.39, 0.29) is 17.0 Å². The van der Waals surface area contributed by atoms with E-state index in [1.54, 1.807) is 0 Å². The molecule has 0 aliphatic heterocycles. The molecule has 3 nitrogen and oxygen atoms in total. The van der Waals surface area contributed by atoms with Gasteiger partial charge in [-0.25, -0.2) is 4.39 Å². The van der Waals surface area contributed by atoms with Gasteiger partial charge in [-0.2, -0.15) is 13.2 Å². The van der Waals surface area contributed by atoms with Crippen LogP contribution in [0.3, 0.4) is 0 Å². The first-order chi connectivity index (χ1) is 7.83. The Kier molecular flexibility index (Phi) is 3.93. The van der Waals surface area contributed by atoms with Crippen LogP contribution < -0.4 is 4.74 Å². The minimum atomic E-state index is -4.49. The molecule has 0 aliphatic carbocycles. The number of benzene rings is 1. The molecule has 0 saturated carbocycles. The molecule has 0 fully saturated rings. The Hall–Kier alpha value is -1.79. The van der Waals surface area contributed by atoms with E-state index in [1.807, 2.05) is 0 Å². The normalized spacial score (nSPS) is 12.6. The highest BCUT2D eigenvalue weighted by atomic mass is 19.4. The molecular formula is C10H9F4NO2. The van der Waals surface area contributed by atoms with Crippen molar-refractivity contribution >= 4 is 5.71 Å². The second-order valence-corrected chi connectivity index (χ2v) is 3.23. The quantitative estimate of drug-likeness (QED) is 0.388. The Bertz CT molecular complexity index is 429. The lowest BCUT2D eigenvalue weighted by Crippen LogP contribution is -2.20. The first-order valence-electron chi connectivity index (χ1n) is 4.51. The molecule has 1 rings (SSSR count). The summed E-state index contributed by atoms with van der Waals surface area (Å²) in [5, 5.41) is 11.3. The second kappa shape index (κ2) is 5.03. The van der Waals surface area contributed by atoms with Crippen LogP contribution in [0.4, 0.5) is 17.6 Å². The van der Waals surface area contributed by atoms with Crippen molar-refractivity contribution in [3.8, 4) is 5.75 Å². The van der Waals surface area contributed by atoms with Gasteiger partial charge < -0.3 is 9.94 Å². The molecule has 1 aromatic rings. The molecule has 0 saturated heterocycles. The summed E-state index contributed by atoms with van der Waals surface area (Å²) >= 11 is 0. The summed E-state index contributed by atoms with van der Waals surface area (Å²) in [7, 11) is 0. The predicted octanol–water partition coefficient (Wildman–Crippen LogP) is 2.97. The number of hydrogen-bond donors (Lipinski definition) is 1. The van der Waals surface area contributed by atoms with E-state index in [0.717, 1.165) is 18.2 Å². The number of ether oxygens (including phenoxy) is 1. The maximum atomic E-state index is 12.9. The van der Waals surface area contributed by atoms with Gasteiger partial charge in [0.1, 0.15) is 11.6 Å². The number of oxime groups is 1. The lowest BCUT2D eigenvalue weighted by molar-refractivity contribution is -0.153. The van der Waals surface area contributed by atoms with Gasteiger partial charge in [0.15, 0.2) is 6.61 Å². The molecule has 0 radical (unpaired) electrons. The second-order valence-electron chi connectivity index (χ2n) is 3.23. The van der Waals surface area contributed by atoms with E-state index < -0.39 is 18.6 Å². The van der Waals surface area contributed by atoms with Crippen LogP contribution in [0.25, 0.3) is 0 Å². The largest absolute Gasteiger partial charge is 0.483 e. The van der Waals surface area contributed by atoms with E-state index in [0.29, 0.717) is 0 Å². The maximum absolute atomic E-state index is 12.9. The van der Waals surface area contributed by atoms with Gasteiger partial charge in [0.2, 0.25) is 0 Å². The zero-order valence-corrected chi connectivity index (χ0v) is 8.75. The van der Waals surface area contributed by atoms with E-state index in [1.165, 1.54) is 6.92 Å². The average molecular weight is 251 g/mol. The SMILES string of the molecule is CC(=NO)c1cc(F)ccc1OCC(F)(F)F. The highest BCUT2D eigenvalue weighted by Crippen LogP contribution is 2.23. The van der Waals surface area contributed by atoms with Crippen LogP contribution in [0.5, 0.6) is 5.75 Å². The Balaban J connectivity index is 2.99. The molecular weight excluding hydrogens is 242 g/mol. The first kappa shape index (κ1) is 13.3. The fraction of sp³-hybridized carbons (Fsp3) is 0.300. The Morgan fingerprint density at radius 2 is 2.06 bits per heavy atom. The molecule has 0 spiro atoms. The average Bonchev–Trinajstić information content (AvgIpc) is 2.25. The molecule has 1 aromatic carbocycles. The highest BCUT2D eigenvalue weighted by molar-refractivity contribution is 6.00. The lowest BCUT2D eigenvalue weighted by atomic mass is 10.1. The fourth-order valence-electron chi connectivity index (χ4n) is 1.12. The third kappa shape index (κ3) is 3.93. The van der Waals surface area contributed by atoms with E-state index in [2.05, 4.69) is 9.89 Å². The van der Waals surface area contributed by atoms with Gasteiger partial charge in [-0.3, -0.25) is 0 Å². The van der Waals surface area contributed by atoms with Crippen molar-refractivity contribution in [2.45, 2.75) is 13.1 Å². The van der Waals surface area contributed by atoms with Crippen molar-refractivity contribution in [3.05, 3.63) is 29.6 Å². The standard InChI is InChI=1S/C10H9F4NO2/c1-6(15-16)8-4-7(11)2-3-9(8)17-5-10(12,13)14/h2-4,16H,5H2,1H3. The molecule has 1 N–H and O–H groups in total. The van der Waals surface area contributed by atoms with Crippen LogP contribution in [0.1, 0.15) is 12.5 Å². The molecule has 0 bridgehead atoms. The molecule has 0 atom stereocenters. The van der Waals surface area contributed by atoms with Crippen molar-refractivity contribution in [1.82, 2.24) is 0 Å². The van der Waals surface area contributed by atoms with Gasteiger partial charge in [0.05, 0.1) is 5.71 Å². The van der Waals surface area contributed by atoms with Gasteiger partial charge >= 0.3 is 6.18 Å². The van der Waals surface area contributed by atoms with Gasteiger partial charge in [-0.05, 0) is 25.1 Å². The third-order valence-electron chi connectivity index (χ3n) is 1.87. The Morgan fingerprint density at radius 1 is 1.41 bits per heavy atom. The maximum Gasteiger partial charge on any atom is 0.422 e. The zero-order chi connectivity index (χ0) is 13.1. The summed E-state index contributed by atoms with van der Waals surface area (Å²) in [5.41, 5.74) is -0.0709. The highest BCUT2D eigenvalue weighted by Gasteiger charge is 2.29. The van der Waals surface area contributed by atoms with Gasteiger partial charge in [0.25, 0.3) is 0 Å². The Morgan fingerprint density at radius 3 is 2.59 bits per heavy atom. The summed E-state index contributed by atoms with van der Waals surface area (Å²) in [5.74, 6) is -0.860. The number of alkyl halides is 3. The molecule has 94 valence electrons. The molecule has 0 unspecified atom stereocenters. The minimum Gasteiger partial charge on any atom is -0.483 e. The molecule has 0 aromatic heterocycles. The number of halogens is 4. The van der Waals surface area contributed by atoms with Crippen molar-refractivity contribution in [2.75, 3.05) is 6.61 Å². The first-order valence-corrected chi connectivity index (χ1v) is 4.51. The third-order valence-corrected chi connectivity index (χ3v) is 1.87. The molecule has 0 aliphatic rings. The van der Waals surface area contributed by atoms with Crippen molar-refractivity contribution < 1.29 is 27.5 Å². The van der Waals surface area contributed by atoms with Gasteiger partial charge in [-0.1, -0.05) is 5.16 Å². The Labute approximate surface area is 94.3 Å². The smallest absolute Gasteiger partial charge is 0.422 e. The van der Waals surface area contributed by atoms with E-state index >= 15 is 0 Å². The number of nitrogens with zero attached hydrogens (tertiary/aromatic N) is 1. The molecule has 7 heteroatoms.